The van der Waals surface area contributed by atoms with E-state index in [0.717, 1.165) is 4.57 Å². The molecule has 0 unspecified atom stereocenters. The van der Waals surface area contributed by atoms with Crippen molar-refractivity contribution in [1.82, 2.24) is 9.13 Å². The number of benzene rings is 2. The van der Waals surface area contributed by atoms with Crippen molar-refractivity contribution in [2.45, 2.75) is 26.4 Å². The minimum Gasteiger partial charge on any atom is -0.385 e. The van der Waals surface area contributed by atoms with E-state index in [1.807, 2.05) is 0 Å². The third-order valence-electron chi connectivity index (χ3n) is 4.65. The Morgan fingerprint density at radius 3 is 2.23 bits per heavy atom. The SMILES string of the molecule is COCCCn1c(=O)c2ccccc2n(CC(=O)Nc2ccc(NC(C)=O)cc2)c1=O. The van der Waals surface area contributed by atoms with Gasteiger partial charge in [-0.2, -0.15) is 0 Å². The standard InChI is InChI=1S/C22H24N4O5/c1-15(27)23-16-8-10-17(11-9-16)24-20(28)14-26-19-7-4-3-6-18(19)21(29)25(22(26)30)12-5-13-31-2/h3-4,6-11H,5,12-14H2,1-2H3,(H,23,27)(H,24,28). The van der Waals surface area contributed by atoms with E-state index in [2.05, 4.69) is 10.6 Å². The van der Waals surface area contributed by atoms with Crippen molar-refractivity contribution < 1.29 is 14.3 Å². The molecule has 1 aromatic heterocycles. The maximum Gasteiger partial charge on any atom is 0.331 e. The summed E-state index contributed by atoms with van der Waals surface area (Å²) in [6.45, 7) is 1.76. The van der Waals surface area contributed by atoms with E-state index in [-0.39, 0.29) is 24.6 Å². The maximum absolute atomic E-state index is 13.0. The third-order valence-corrected chi connectivity index (χ3v) is 4.65. The number of carbonyl (C=O) groups is 2. The summed E-state index contributed by atoms with van der Waals surface area (Å²) in [6.07, 6.45) is 0.497. The molecule has 1 heterocycles. The number of hydrogen-bond acceptors (Lipinski definition) is 5. The highest BCUT2D eigenvalue weighted by Crippen LogP contribution is 2.14. The zero-order valence-electron chi connectivity index (χ0n) is 17.4. The van der Waals surface area contributed by atoms with Gasteiger partial charge in [-0.3, -0.25) is 23.5 Å². The number of ether oxygens (including phenoxy) is 1. The number of nitrogens with one attached hydrogen (secondary N) is 2. The molecule has 2 amide bonds. The Bertz CT molecular complexity index is 1210. The Labute approximate surface area is 178 Å². The number of fused-ring (bicyclic) bond motifs is 1. The smallest absolute Gasteiger partial charge is 0.331 e. The molecule has 31 heavy (non-hydrogen) atoms. The maximum atomic E-state index is 13.0. The summed E-state index contributed by atoms with van der Waals surface area (Å²) in [5.41, 5.74) is 0.593. The summed E-state index contributed by atoms with van der Waals surface area (Å²) in [5, 5.41) is 5.74. The fourth-order valence-corrected chi connectivity index (χ4v) is 3.27. The number of hydrogen-bond donors (Lipinski definition) is 2. The summed E-state index contributed by atoms with van der Waals surface area (Å²) >= 11 is 0. The van der Waals surface area contributed by atoms with Crippen molar-refractivity contribution in [2.24, 2.45) is 0 Å². The van der Waals surface area contributed by atoms with Crippen molar-refractivity contribution in [3.63, 3.8) is 0 Å². The Balaban J connectivity index is 1.87. The Morgan fingerprint density at radius 1 is 0.935 bits per heavy atom. The van der Waals surface area contributed by atoms with E-state index < -0.39 is 11.6 Å². The van der Waals surface area contributed by atoms with Crippen LogP contribution in [0.3, 0.4) is 0 Å². The van der Waals surface area contributed by atoms with Crippen LogP contribution in [0.1, 0.15) is 13.3 Å². The van der Waals surface area contributed by atoms with Gasteiger partial charge >= 0.3 is 5.69 Å². The molecule has 0 bridgehead atoms. The molecule has 2 aromatic carbocycles. The lowest BCUT2D eigenvalue weighted by Crippen LogP contribution is -2.42. The van der Waals surface area contributed by atoms with Crippen molar-refractivity contribution in [3.8, 4) is 0 Å². The highest BCUT2D eigenvalue weighted by Gasteiger charge is 2.15. The first kappa shape index (κ1) is 22.0. The largest absolute Gasteiger partial charge is 0.385 e. The minimum atomic E-state index is -0.545. The van der Waals surface area contributed by atoms with E-state index in [4.69, 9.17) is 4.74 Å². The van der Waals surface area contributed by atoms with Gasteiger partial charge in [-0.1, -0.05) is 12.1 Å². The zero-order chi connectivity index (χ0) is 22.4. The van der Waals surface area contributed by atoms with Crippen LogP contribution in [-0.4, -0.2) is 34.7 Å². The molecule has 0 aliphatic heterocycles. The van der Waals surface area contributed by atoms with Crippen LogP contribution < -0.4 is 21.9 Å². The molecule has 0 aliphatic rings. The van der Waals surface area contributed by atoms with Gasteiger partial charge in [-0.15, -0.1) is 0 Å². The molecule has 3 aromatic rings. The number of amides is 2. The van der Waals surface area contributed by atoms with E-state index in [1.165, 1.54) is 11.5 Å². The number of anilines is 2. The third kappa shape index (κ3) is 5.26. The van der Waals surface area contributed by atoms with Gasteiger partial charge < -0.3 is 15.4 Å². The number of aromatic nitrogens is 2. The summed E-state index contributed by atoms with van der Waals surface area (Å²) in [7, 11) is 1.55. The predicted octanol–water partition coefficient (Wildman–Crippen LogP) is 1.80. The first-order valence-electron chi connectivity index (χ1n) is 9.79. The molecule has 9 nitrogen and oxygen atoms in total. The second kappa shape index (κ2) is 9.86. The number of nitrogens with zero attached hydrogens (tertiary/aromatic N) is 2. The molecule has 3 rings (SSSR count). The van der Waals surface area contributed by atoms with Gasteiger partial charge in [0.25, 0.3) is 5.56 Å². The van der Waals surface area contributed by atoms with Crippen LogP contribution in [0.2, 0.25) is 0 Å². The van der Waals surface area contributed by atoms with Crippen molar-refractivity contribution in [2.75, 3.05) is 24.4 Å². The zero-order valence-corrected chi connectivity index (χ0v) is 17.4. The van der Waals surface area contributed by atoms with Gasteiger partial charge in [0.2, 0.25) is 11.8 Å². The van der Waals surface area contributed by atoms with Crippen LogP contribution >= 0.6 is 0 Å². The van der Waals surface area contributed by atoms with Gasteiger partial charge in [-0.05, 0) is 42.8 Å². The lowest BCUT2D eigenvalue weighted by molar-refractivity contribution is -0.117. The summed E-state index contributed by atoms with van der Waals surface area (Å²) < 4.78 is 7.44. The lowest BCUT2D eigenvalue weighted by Gasteiger charge is -2.14. The highest BCUT2D eigenvalue weighted by atomic mass is 16.5. The topological polar surface area (TPSA) is 111 Å². The second-order valence-electron chi connectivity index (χ2n) is 7.00. The molecule has 0 atom stereocenters. The summed E-state index contributed by atoms with van der Waals surface area (Å²) in [5.74, 6) is -0.606. The first-order valence-corrected chi connectivity index (χ1v) is 9.79. The molecule has 0 radical (unpaired) electrons. The molecule has 0 saturated carbocycles. The molecule has 0 fully saturated rings. The summed E-state index contributed by atoms with van der Waals surface area (Å²) in [6, 6.07) is 13.3. The van der Waals surface area contributed by atoms with E-state index in [1.54, 1.807) is 55.6 Å². The quantitative estimate of drug-likeness (QED) is 0.536. The van der Waals surface area contributed by atoms with Crippen LogP contribution in [-0.2, 0) is 27.4 Å². The van der Waals surface area contributed by atoms with Gasteiger partial charge in [0.15, 0.2) is 0 Å². The van der Waals surface area contributed by atoms with E-state index in [9.17, 15) is 19.2 Å². The number of para-hydroxylation sites is 1. The minimum absolute atomic E-state index is 0.191. The Morgan fingerprint density at radius 2 is 1.58 bits per heavy atom. The molecule has 0 aliphatic carbocycles. The van der Waals surface area contributed by atoms with E-state index >= 15 is 0 Å². The monoisotopic (exact) mass is 424 g/mol. The molecular weight excluding hydrogens is 400 g/mol. The van der Waals surface area contributed by atoms with Crippen LogP contribution in [0.4, 0.5) is 11.4 Å². The summed E-state index contributed by atoms with van der Waals surface area (Å²) in [4.78, 5) is 49.5. The Hall–Kier alpha value is -3.72. The average molecular weight is 424 g/mol. The number of rotatable bonds is 8. The number of methoxy groups -OCH3 is 1. The van der Waals surface area contributed by atoms with Crippen LogP contribution in [0.5, 0.6) is 0 Å². The second-order valence-corrected chi connectivity index (χ2v) is 7.00. The predicted molar refractivity (Wildman–Crippen MR) is 118 cm³/mol. The molecule has 2 N–H and O–H groups in total. The van der Waals surface area contributed by atoms with Crippen LogP contribution in [0.25, 0.3) is 10.9 Å². The van der Waals surface area contributed by atoms with Crippen molar-refractivity contribution >= 4 is 34.1 Å². The first-order chi connectivity index (χ1) is 14.9. The lowest BCUT2D eigenvalue weighted by atomic mass is 10.2. The average Bonchev–Trinajstić information content (AvgIpc) is 2.74. The van der Waals surface area contributed by atoms with Gasteiger partial charge in [0, 0.05) is 38.6 Å². The van der Waals surface area contributed by atoms with Crippen molar-refractivity contribution in [3.05, 3.63) is 69.4 Å². The van der Waals surface area contributed by atoms with E-state index in [0.29, 0.717) is 35.3 Å². The fraction of sp³-hybridized carbons (Fsp3) is 0.273. The van der Waals surface area contributed by atoms with Crippen molar-refractivity contribution in [1.29, 1.82) is 0 Å². The molecular formula is C22H24N4O5. The van der Waals surface area contributed by atoms with Crippen LogP contribution in [0, 0.1) is 0 Å². The number of carbonyl (C=O) groups excluding carboxylic acids is 2. The Kier molecular flexibility index (Phi) is 6.99. The van der Waals surface area contributed by atoms with Gasteiger partial charge in [0.05, 0.1) is 10.9 Å². The molecule has 0 saturated heterocycles. The van der Waals surface area contributed by atoms with Gasteiger partial charge in [-0.25, -0.2) is 4.79 Å². The molecule has 0 spiro atoms. The molecule has 162 valence electrons. The normalized spacial score (nSPS) is 10.8. The fourth-order valence-electron chi connectivity index (χ4n) is 3.27. The highest BCUT2D eigenvalue weighted by molar-refractivity contribution is 5.92. The van der Waals surface area contributed by atoms with Crippen LogP contribution in [0.15, 0.2) is 58.1 Å². The van der Waals surface area contributed by atoms with Gasteiger partial charge in [0.1, 0.15) is 6.54 Å². The molecule has 9 heteroatoms.